The molecule has 0 aromatic heterocycles. The van der Waals surface area contributed by atoms with Crippen LogP contribution < -0.4 is 0 Å². The SMILES string of the molecule is O=C1CCN(C(=O)C2CCSC2)CC1. The fourth-order valence-corrected chi connectivity index (χ4v) is 3.18. The van der Waals surface area contributed by atoms with E-state index in [1.807, 2.05) is 16.7 Å². The van der Waals surface area contributed by atoms with Gasteiger partial charge < -0.3 is 4.90 Å². The summed E-state index contributed by atoms with van der Waals surface area (Å²) in [6, 6.07) is 0. The van der Waals surface area contributed by atoms with E-state index in [4.69, 9.17) is 0 Å². The van der Waals surface area contributed by atoms with Crippen LogP contribution in [0, 0.1) is 5.92 Å². The fraction of sp³-hybridized carbons (Fsp3) is 0.800. The zero-order chi connectivity index (χ0) is 9.97. The summed E-state index contributed by atoms with van der Waals surface area (Å²) >= 11 is 1.86. The summed E-state index contributed by atoms with van der Waals surface area (Å²) in [5.74, 6) is 2.90. The van der Waals surface area contributed by atoms with Crippen LogP contribution in [0.4, 0.5) is 0 Å². The molecule has 1 amide bonds. The van der Waals surface area contributed by atoms with Gasteiger partial charge in [-0.05, 0) is 12.2 Å². The van der Waals surface area contributed by atoms with Gasteiger partial charge in [0.25, 0.3) is 0 Å². The first kappa shape index (κ1) is 10.0. The maximum absolute atomic E-state index is 11.9. The van der Waals surface area contributed by atoms with Gasteiger partial charge in [-0.2, -0.15) is 11.8 Å². The van der Waals surface area contributed by atoms with Crippen LogP contribution >= 0.6 is 11.8 Å². The molecule has 78 valence electrons. The van der Waals surface area contributed by atoms with E-state index < -0.39 is 0 Å². The number of hydrogen-bond acceptors (Lipinski definition) is 3. The zero-order valence-corrected chi connectivity index (χ0v) is 9.02. The molecule has 0 N–H and O–H groups in total. The lowest BCUT2D eigenvalue weighted by Gasteiger charge is -2.28. The molecule has 0 radical (unpaired) electrons. The van der Waals surface area contributed by atoms with Crippen LogP contribution in [0.25, 0.3) is 0 Å². The van der Waals surface area contributed by atoms with Crippen LogP contribution in [0.1, 0.15) is 19.3 Å². The Bertz CT molecular complexity index is 239. The van der Waals surface area contributed by atoms with E-state index in [9.17, 15) is 9.59 Å². The van der Waals surface area contributed by atoms with E-state index in [1.54, 1.807) is 0 Å². The van der Waals surface area contributed by atoms with Gasteiger partial charge in [0.15, 0.2) is 0 Å². The minimum atomic E-state index is 0.230. The monoisotopic (exact) mass is 213 g/mol. The van der Waals surface area contributed by atoms with Crippen LogP contribution in [0.5, 0.6) is 0 Å². The molecule has 1 atom stereocenters. The molecule has 2 aliphatic heterocycles. The van der Waals surface area contributed by atoms with E-state index >= 15 is 0 Å². The second-order valence-electron chi connectivity index (χ2n) is 3.92. The maximum atomic E-state index is 11.9. The summed E-state index contributed by atoms with van der Waals surface area (Å²) in [7, 11) is 0. The summed E-state index contributed by atoms with van der Waals surface area (Å²) in [5.41, 5.74) is 0. The largest absolute Gasteiger partial charge is 0.342 e. The molecule has 0 aromatic rings. The van der Waals surface area contributed by atoms with E-state index in [0.29, 0.717) is 31.7 Å². The standard InChI is InChI=1S/C10H15NO2S/c12-9-1-4-11(5-2-9)10(13)8-3-6-14-7-8/h8H,1-7H2. The fourth-order valence-electron chi connectivity index (χ4n) is 1.96. The van der Waals surface area contributed by atoms with Crippen LogP contribution in [-0.2, 0) is 9.59 Å². The van der Waals surface area contributed by atoms with Crippen molar-refractivity contribution >= 4 is 23.5 Å². The molecule has 2 saturated heterocycles. The third-order valence-corrected chi connectivity index (χ3v) is 4.07. The number of rotatable bonds is 1. The van der Waals surface area contributed by atoms with Crippen molar-refractivity contribution in [2.45, 2.75) is 19.3 Å². The van der Waals surface area contributed by atoms with Gasteiger partial charge >= 0.3 is 0 Å². The van der Waals surface area contributed by atoms with Crippen molar-refractivity contribution in [2.75, 3.05) is 24.6 Å². The Morgan fingerprint density at radius 2 is 2.07 bits per heavy atom. The van der Waals surface area contributed by atoms with Gasteiger partial charge in [0, 0.05) is 37.6 Å². The van der Waals surface area contributed by atoms with E-state index in [2.05, 4.69) is 0 Å². The Morgan fingerprint density at radius 3 is 2.64 bits per heavy atom. The number of likely N-dealkylation sites (tertiary alicyclic amines) is 1. The Hall–Kier alpha value is -0.510. The molecule has 0 bridgehead atoms. The number of ketones is 1. The Kier molecular flexibility index (Phi) is 3.11. The Balaban J connectivity index is 1.88. The normalized spacial score (nSPS) is 28.1. The molecule has 0 spiro atoms. The summed E-state index contributed by atoms with van der Waals surface area (Å²) < 4.78 is 0. The first-order valence-corrected chi connectivity index (χ1v) is 6.31. The highest BCUT2D eigenvalue weighted by atomic mass is 32.2. The average Bonchev–Trinajstić information content (AvgIpc) is 2.71. The van der Waals surface area contributed by atoms with Crippen molar-refractivity contribution in [1.82, 2.24) is 4.90 Å². The number of amides is 1. The van der Waals surface area contributed by atoms with Crippen LogP contribution in [0.15, 0.2) is 0 Å². The second kappa shape index (κ2) is 4.34. The van der Waals surface area contributed by atoms with Gasteiger partial charge in [0.05, 0.1) is 0 Å². The molecule has 2 rings (SSSR count). The molecule has 4 heteroatoms. The number of piperidine rings is 1. The smallest absolute Gasteiger partial charge is 0.226 e. The minimum Gasteiger partial charge on any atom is -0.342 e. The Labute approximate surface area is 88.2 Å². The lowest BCUT2D eigenvalue weighted by molar-refractivity contribution is -0.137. The summed E-state index contributed by atoms with van der Waals surface area (Å²) in [6.45, 7) is 1.30. The van der Waals surface area contributed by atoms with Crippen molar-refractivity contribution in [3.63, 3.8) is 0 Å². The highest BCUT2D eigenvalue weighted by Gasteiger charge is 2.29. The molecular formula is C10H15NO2S. The average molecular weight is 213 g/mol. The predicted molar refractivity (Wildman–Crippen MR) is 56.3 cm³/mol. The molecule has 0 saturated carbocycles. The molecule has 3 nitrogen and oxygen atoms in total. The predicted octanol–water partition coefficient (Wildman–Crippen LogP) is 0.931. The quantitative estimate of drug-likeness (QED) is 0.650. The first-order chi connectivity index (χ1) is 6.77. The molecule has 2 heterocycles. The third-order valence-electron chi connectivity index (χ3n) is 2.91. The Morgan fingerprint density at radius 1 is 1.36 bits per heavy atom. The number of hydrogen-bond donors (Lipinski definition) is 0. The topological polar surface area (TPSA) is 37.4 Å². The van der Waals surface area contributed by atoms with Gasteiger partial charge in [0.2, 0.25) is 5.91 Å². The minimum absolute atomic E-state index is 0.230. The highest BCUT2D eigenvalue weighted by Crippen LogP contribution is 2.25. The molecule has 0 aromatic carbocycles. The van der Waals surface area contributed by atoms with Gasteiger partial charge in [0.1, 0.15) is 5.78 Å². The lowest BCUT2D eigenvalue weighted by Crippen LogP contribution is -2.42. The van der Waals surface area contributed by atoms with E-state index in [-0.39, 0.29) is 11.8 Å². The van der Waals surface area contributed by atoms with Crippen LogP contribution in [-0.4, -0.2) is 41.2 Å². The van der Waals surface area contributed by atoms with Crippen molar-refractivity contribution in [3.05, 3.63) is 0 Å². The molecule has 14 heavy (non-hydrogen) atoms. The van der Waals surface area contributed by atoms with Gasteiger partial charge in [-0.3, -0.25) is 9.59 Å². The van der Waals surface area contributed by atoms with Crippen molar-refractivity contribution in [2.24, 2.45) is 5.92 Å². The number of thioether (sulfide) groups is 1. The number of Topliss-reactive ketones (excluding diaryl/α,β-unsaturated/α-hetero) is 1. The van der Waals surface area contributed by atoms with Crippen LogP contribution in [0.3, 0.4) is 0 Å². The zero-order valence-electron chi connectivity index (χ0n) is 8.20. The van der Waals surface area contributed by atoms with E-state index in [1.165, 1.54) is 0 Å². The van der Waals surface area contributed by atoms with Gasteiger partial charge in [-0.1, -0.05) is 0 Å². The first-order valence-electron chi connectivity index (χ1n) is 5.15. The molecule has 1 unspecified atom stereocenters. The number of nitrogens with zero attached hydrogens (tertiary/aromatic N) is 1. The molecule has 2 aliphatic rings. The maximum Gasteiger partial charge on any atom is 0.226 e. The summed E-state index contributed by atoms with van der Waals surface area (Å²) in [6.07, 6.45) is 2.14. The third kappa shape index (κ3) is 2.11. The highest BCUT2D eigenvalue weighted by molar-refractivity contribution is 7.99. The number of carbonyl (C=O) groups excluding carboxylic acids is 2. The lowest BCUT2D eigenvalue weighted by atomic mass is 10.0. The van der Waals surface area contributed by atoms with Crippen molar-refractivity contribution in [1.29, 1.82) is 0 Å². The van der Waals surface area contributed by atoms with Gasteiger partial charge in [-0.15, -0.1) is 0 Å². The molecule has 2 fully saturated rings. The van der Waals surface area contributed by atoms with Crippen molar-refractivity contribution < 1.29 is 9.59 Å². The van der Waals surface area contributed by atoms with E-state index in [0.717, 1.165) is 17.9 Å². The molecular weight excluding hydrogens is 198 g/mol. The summed E-state index contributed by atoms with van der Waals surface area (Å²) in [5, 5.41) is 0. The van der Waals surface area contributed by atoms with Crippen LogP contribution in [0.2, 0.25) is 0 Å². The molecule has 0 aliphatic carbocycles. The summed E-state index contributed by atoms with van der Waals surface area (Å²) in [4.78, 5) is 24.8. The van der Waals surface area contributed by atoms with Crippen molar-refractivity contribution in [3.8, 4) is 0 Å². The second-order valence-corrected chi connectivity index (χ2v) is 5.07. The number of carbonyl (C=O) groups is 2. The van der Waals surface area contributed by atoms with Gasteiger partial charge in [-0.25, -0.2) is 0 Å².